The third-order valence-corrected chi connectivity index (χ3v) is 8.21. The summed E-state index contributed by atoms with van der Waals surface area (Å²) in [6.07, 6.45) is 1.58. The summed E-state index contributed by atoms with van der Waals surface area (Å²) < 4.78 is 20.9. The number of aromatic nitrogens is 4. The van der Waals surface area contributed by atoms with Crippen molar-refractivity contribution in [3.63, 3.8) is 0 Å². The second-order valence-corrected chi connectivity index (χ2v) is 11.0. The van der Waals surface area contributed by atoms with E-state index in [2.05, 4.69) is 20.9 Å². The largest absolute Gasteiger partial charge is 0.489 e. The van der Waals surface area contributed by atoms with Crippen LogP contribution in [-0.4, -0.2) is 19.6 Å². The molecule has 43 heavy (non-hydrogen) atoms. The molecule has 3 aromatic heterocycles. The van der Waals surface area contributed by atoms with Gasteiger partial charge in [-0.2, -0.15) is 0 Å². The average molecular weight is 629 g/mol. The fourth-order valence-corrected chi connectivity index (χ4v) is 6.01. The Bertz CT molecular complexity index is 2230. The monoisotopic (exact) mass is 628 g/mol. The third kappa shape index (κ3) is 4.36. The molecule has 4 aromatic carbocycles. The quantitative estimate of drug-likeness (QED) is 0.182. The summed E-state index contributed by atoms with van der Waals surface area (Å²) in [5.74, 6) is 1.33. The Morgan fingerprint density at radius 3 is 2.58 bits per heavy atom. The fourth-order valence-electron chi connectivity index (χ4n) is 5.54. The van der Waals surface area contributed by atoms with Crippen LogP contribution in [0.5, 0.6) is 17.4 Å². The molecule has 7 aromatic rings. The van der Waals surface area contributed by atoms with Gasteiger partial charge in [0, 0.05) is 10.0 Å². The van der Waals surface area contributed by atoms with Crippen LogP contribution in [-0.2, 0) is 6.61 Å². The number of fused-ring (bicyclic) bond motifs is 6. The minimum absolute atomic E-state index is 0.349. The van der Waals surface area contributed by atoms with E-state index in [1.807, 2.05) is 97.1 Å². The van der Waals surface area contributed by atoms with Crippen molar-refractivity contribution >= 4 is 32.5 Å². The molecule has 1 aliphatic rings. The highest BCUT2D eigenvalue weighted by Crippen LogP contribution is 2.49. The zero-order chi connectivity index (χ0) is 28.9. The molecule has 0 spiro atoms. The number of ether oxygens (including phenoxy) is 2. The Morgan fingerprint density at radius 2 is 1.70 bits per heavy atom. The molecule has 0 radical (unpaired) electrons. The van der Waals surface area contributed by atoms with Crippen LogP contribution in [0.4, 0.5) is 0 Å². The van der Waals surface area contributed by atoms with Crippen molar-refractivity contribution in [1.82, 2.24) is 19.6 Å². The van der Waals surface area contributed by atoms with Crippen molar-refractivity contribution in [1.29, 1.82) is 0 Å². The van der Waals surface area contributed by atoms with E-state index in [-0.39, 0.29) is 0 Å². The summed E-state index contributed by atoms with van der Waals surface area (Å²) in [4.78, 5) is 23.3. The standard InChI is InChI=1S/C34H21BrN4O4/c35-25-15-6-4-13-23(25)31-37-32-29-27(21-11-8-12-22(17-21)41-18-20-9-2-1-3-10-20)28-30(43-33(29)36-19-39(32)38-31)24-14-5-7-16-26(24)42-34(28)40/h1-17,19,27H,18H2. The van der Waals surface area contributed by atoms with Crippen molar-refractivity contribution < 1.29 is 13.9 Å². The molecule has 0 saturated carbocycles. The van der Waals surface area contributed by atoms with E-state index in [1.165, 1.54) is 0 Å². The first-order chi connectivity index (χ1) is 21.1. The van der Waals surface area contributed by atoms with Crippen LogP contribution in [0.2, 0.25) is 0 Å². The summed E-state index contributed by atoms with van der Waals surface area (Å²) in [7, 11) is 0. The maximum Gasteiger partial charge on any atom is 0.344 e. The number of hydrogen-bond donors (Lipinski definition) is 0. The van der Waals surface area contributed by atoms with Crippen molar-refractivity contribution in [3.05, 3.63) is 147 Å². The minimum atomic E-state index is -0.618. The Hall–Kier alpha value is -5.28. The summed E-state index contributed by atoms with van der Waals surface area (Å²) in [5.41, 5.74) is 4.14. The number of benzene rings is 4. The molecule has 1 atom stereocenters. The highest BCUT2D eigenvalue weighted by molar-refractivity contribution is 9.10. The molecule has 1 aliphatic heterocycles. The lowest BCUT2D eigenvalue weighted by molar-refractivity contribution is 0.306. The van der Waals surface area contributed by atoms with E-state index in [1.54, 1.807) is 16.9 Å². The highest BCUT2D eigenvalue weighted by Gasteiger charge is 2.37. The number of halogens is 1. The Kier molecular flexibility index (Phi) is 6.04. The van der Waals surface area contributed by atoms with Gasteiger partial charge in [0.1, 0.15) is 24.3 Å². The van der Waals surface area contributed by atoms with Gasteiger partial charge >= 0.3 is 5.63 Å². The molecule has 0 saturated heterocycles. The van der Waals surface area contributed by atoms with Crippen LogP contribution >= 0.6 is 15.9 Å². The third-order valence-electron chi connectivity index (χ3n) is 7.52. The first-order valence-electron chi connectivity index (χ1n) is 13.6. The summed E-state index contributed by atoms with van der Waals surface area (Å²) in [6, 6.07) is 32.8. The Labute approximate surface area is 253 Å². The van der Waals surface area contributed by atoms with Crippen LogP contribution in [0, 0.1) is 0 Å². The predicted octanol–water partition coefficient (Wildman–Crippen LogP) is 7.53. The van der Waals surface area contributed by atoms with Gasteiger partial charge in [-0.25, -0.2) is 19.3 Å². The second-order valence-electron chi connectivity index (χ2n) is 10.2. The molecule has 8 nitrogen and oxygen atoms in total. The Balaban J connectivity index is 1.34. The maximum absolute atomic E-state index is 13.7. The molecule has 0 N–H and O–H groups in total. The first-order valence-corrected chi connectivity index (χ1v) is 14.4. The predicted molar refractivity (Wildman–Crippen MR) is 165 cm³/mol. The van der Waals surface area contributed by atoms with Crippen LogP contribution in [0.25, 0.3) is 28.0 Å². The van der Waals surface area contributed by atoms with Gasteiger partial charge < -0.3 is 13.9 Å². The number of para-hydroxylation sites is 1. The van der Waals surface area contributed by atoms with Crippen LogP contribution in [0.3, 0.4) is 0 Å². The lowest BCUT2D eigenvalue weighted by Gasteiger charge is -2.27. The Morgan fingerprint density at radius 1 is 0.884 bits per heavy atom. The number of rotatable bonds is 5. The summed E-state index contributed by atoms with van der Waals surface area (Å²) >= 11 is 3.61. The van der Waals surface area contributed by atoms with Crippen molar-refractivity contribution in [3.8, 4) is 28.8 Å². The molecule has 8 rings (SSSR count). The van der Waals surface area contributed by atoms with Crippen LogP contribution in [0.15, 0.2) is 123 Å². The van der Waals surface area contributed by atoms with Crippen LogP contribution < -0.4 is 15.1 Å². The lowest BCUT2D eigenvalue weighted by atomic mass is 9.84. The molecular weight excluding hydrogens is 608 g/mol. The second kappa shape index (κ2) is 10.2. The number of nitrogens with zero attached hydrogens (tertiary/aromatic N) is 4. The SMILES string of the molecule is O=c1oc2ccccc2c2c1C(c1cccc(OCc3ccccc3)c1)c1c(ncn3nc(-c4ccccc4Br)nc13)O2. The van der Waals surface area contributed by atoms with Gasteiger partial charge in [-0.3, -0.25) is 0 Å². The molecule has 0 amide bonds. The van der Waals surface area contributed by atoms with Gasteiger partial charge in [0.25, 0.3) is 0 Å². The molecular formula is C34H21BrN4O4. The first kappa shape index (κ1) is 25.4. The summed E-state index contributed by atoms with van der Waals surface area (Å²) in [6.45, 7) is 0.406. The maximum atomic E-state index is 13.7. The molecule has 208 valence electrons. The fraction of sp³-hybridized carbons (Fsp3) is 0.0588. The van der Waals surface area contributed by atoms with Crippen molar-refractivity contribution in [2.75, 3.05) is 0 Å². The summed E-state index contributed by atoms with van der Waals surface area (Å²) in [5, 5.41) is 5.40. The molecule has 0 fully saturated rings. The average Bonchev–Trinajstić information content (AvgIpc) is 3.48. The molecule has 4 heterocycles. The molecule has 0 aliphatic carbocycles. The van der Waals surface area contributed by atoms with E-state index in [0.29, 0.717) is 57.6 Å². The van der Waals surface area contributed by atoms with Gasteiger partial charge in [-0.05, 0) is 47.5 Å². The van der Waals surface area contributed by atoms with Gasteiger partial charge in [-0.15, -0.1) is 5.10 Å². The zero-order valence-corrected chi connectivity index (χ0v) is 24.1. The normalized spacial score (nSPS) is 13.8. The minimum Gasteiger partial charge on any atom is -0.489 e. The molecule has 9 heteroatoms. The van der Waals surface area contributed by atoms with E-state index in [9.17, 15) is 4.79 Å². The van der Waals surface area contributed by atoms with Gasteiger partial charge in [0.05, 0.1) is 22.4 Å². The smallest absolute Gasteiger partial charge is 0.344 e. The van der Waals surface area contributed by atoms with E-state index in [4.69, 9.17) is 24.0 Å². The topological polar surface area (TPSA) is 91.8 Å². The highest BCUT2D eigenvalue weighted by atomic mass is 79.9. The van der Waals surface area contributed by atoms with Crippen molar-refractivity contribution in [2.24, 2.45) is 0 Å². The van der Waals surface area contributed by atoms with Gasteiger partial charge in [0.2, 0.25) is 5.88 Å². The molecule has 0 bridgehead atoms. The van der Waals surface area contributed by atoms with E-state index < -0.39 is 11.5 Å². The number of hydrogen-bond acceptors (Lipinski definition) is 7. The van der Waals surface area contributed by atoms with Gasteiger partial charge in [0.15, 0.2) is 17.2 Å². The van der Waals surface area contributed by atoms with E-state index >= 15 is 0 Å². The van der Waals surface area contributed by atoms with Crippen LogP contribution in [0.1, 0.15) is 28.2 Å². The molecule has 1 unspecified atom stereocenters. The van der Waals surface area contributed by atoms with Crippen molar-refractivity contribution in [2.45, 2.75) is 12.5 Å². The zero-order valence-electron chi connectivity index (χ0n) is 22.5. The van der Waals surface area contributed by atoms with Gasteiger partial charge in [-0.1, -0.05) is 82.7 Å². The van der Waals surface area contributed by atoms with E-state index in [0.717, 1.165) is 21.2 Å². The lowest BCUT2D eigenvalue weighted by Crippen LogP contribution is -2.22.